The van der Waals surface area contributed by atoms with Gasteiger partial charge in [0.1, 0.15) is 0 Å². The van der Waals surface area contributed by atoms with Crippen molar-refractivity contribution in [1.29, 1.82) is 0 Å². The van der Waals surface area contributed by atoms with Crippen molar-refractivity contribution in [3.05, 3.63) is 0 Å². The molecule has 0 aromatic rings. The van der Waals surface area contributed by atoms with E-state index in [0.717, 1.165) is 0 Å². The Morgan fingerprint density at radius 3 is 0.182 bits per heavy atom. The van der Waals surface area contributed by atoms with Gasteiger partial charge in [-0.25, -0.2) is 0 Å². The maximum Gasteiger partial charge on any atom is 0 e. The van der Waals surface area contributed by atoms with Gasteiger partial charge in [0.2, 0.25) is 0 Å². The molecule has 11 heteroatoms. The van der Waals surface area contributed by atoms with Gasteiger partial charge in [-0.3, -0.25) is 0 Å². The fraction of sp³-hybridized carbons (Fsp3) is 0. The van der Waals surface area contributed by atoms with E-state index < -0.39 is 0 Å². The Morgan fingerprint density at radius 1 is 0.182 bits per heavy atom. The van der Waals surface area contributed by atoms with Crippen LogP contribution in [0.1, 0.15) is 0 Å². The Hall–Kier alpha value is 6.12. The molecule has 0 spiro atoms. The molecule has 0 saturated carbocycles. The minimum atomic E-state index is 0. The maximum absolute atomic E-state index is 0. The number of hydrogen-bond acceptors (Lipinski definition) is 0. The van der Waals surface area contributed by atoms with Crippen LogP contribution in [0.4, 0.5) is 0 Å². The van der Waals surface area contributed by atoms with E-state index in [1.807, 2.05) is 0 Å². The molecule has 0 heterocycles. The molecule has 0 aliphatic carbocycles. The average Bonchev–Trinajstić information content (AvgIpc) is 0. The topological polar surface area (TPSA) is 0 Å². The van der Waals surface area contributed by atoms with Crippen molar-refractivity contribution in [3.8, 4) is 0 Å². The van der Waals surface area contributed by atoms with E-state index >= 15 is 0 Å². The molecule has 43 valence electrons. The molecule has 0 aromatic heterocycles. The van der Waals surface area contributed by atoms with Crippen molar-refractivity contribution >= 4 is 104 Å². The second kappa shape index (κ2) is 98.4. The quantitative estimate of drug-likeness (QED) is 0.390. The van der Waals surface area contributed by atoms with Crippen LogP contribution < -0.4 is 0 Å². The smallest absolute Gasteiger partial charge is 0 e. The molecular formula is Al6V5. The maximum atomic E-state index is 0. The first-order chi connectivity index (χ1) is 0. The van der Waals surface area contributed by atoms with Crippen molar-refractivity contribution in [3.63, 3.8) is 0 Å². The van der Waals surface area contributed by atoms with Gasteiger partial charge >= 0.3 is 0 Å². The molecule has 0 atom stereocenters. The predicted molar refractivity (Wildman–Crippen MR) is 34.5 cm³/mol. The van der Waals surface area contributed by atoms with E-state index in [9.17, 15) is 0 Å². The first-order valence-corrected chi connectivity index (χ1v) is 0. The molecule has 0 saturated heterocycles. The molecule has 0 N–H and O–H groups in total. The number of rotatable bonds is 0. The van der Waals surface area contributed by atoms with Gasteiger partial charge in [0, 0.05) is 197 Å². The largest absolute Gasteiger partial charge is 0 e. The van der Waals surface area contributed by atoms with E-state index in [0.29, 0.717) is 0 Å². The molecule has 0 fully saturated rings. The van der Waals surface area contributed by atoms with Crippen molar-refractivity contribution < 1.29 is 92.8 Å². The summed E-state index contributed by atoms with van der Waals surface area (Å²) in [6.07, 6.45) is 0. The minimum absolute atomic E-state index is 0. The monoisotopic (exact) mass is 417 g/mol. The van der Waals surface area contributed by atoms with Crippen molar-refractivity contribution in [2.45, 2.75) is 0 Å². The average molecular weight is 417 g/mol. The van der Waals surface area contributed by atoms with Gasteiger partial charge in [0.15, 0.2) is 0 Å². The molecule has 0 nitrogen and oxygen atoms in total. The van der Waals surface area contributed by atoms with E-state index in [2.05, 4.69) is 0 Å². The molecule has 23 radical (unpaired) electrons. The normalized spacial score (nSPS) is 0. The van der Waals surface area contributed by atoms with E-state index in [4.69, 9.17) is 0 Å². The molecule has 0 aliphatic heterocycles. The van der Waals surface area contributed by atoms with Crippen LogP contribution in [0.2, 0.25) is 0 Å². The summed E-state index contributed by atoms with van der Waals surface area (Å²) in [5, 5.41) is 0. The van der Waals surface area contributed by atoms with E-state index in [-0.39, 0.29) is 197 Å². The molecule has 11 heavy (non-hydrogen) atoms. The van der Waals surface area contributed by atoms with Gasteiger partial charge in [0.25, 0.3) is 0 Å². The Kier molecular flexibility index (Phi) is 1060. The Balaban J connectivity index is 0. The van der Waals surface area contributed by atoms with Crippen LogP contribution in [0.5, 0.6) is 0 Å². The minimum Gasteiger partial charge on any atom is 0 e. The Labute approximate surface area is 193 Å². The fourth-order valence-corrected chi connectivity index (χ4v) is 0. The van der Waals surface area contributed by atoms with Gasteiger partial charge in [-0.05, 0) is 0 Å². The fourth-order valence-electron chi connectivity index (χ4n) is 0. The first-order valence-electron chi connectivity index (χ1n) is 0. The zero-order valence-corrected chi connectivity index (χ0v) is 19.6. The van der Waals surface area contributed by atoms with Gasteiger partial charge in [-0.15, -0.1) is 0 Å². The number of hydrogen-bond donors (Lipinski definition) is 0. The summed E-state index contributed by atoms with van der Waals surface area (Å²) in [5.41, 5.74) is 0. The zero-order chi connectivity index (χ0) is 0. The summed E-state index contributed by atoms with van der Waals surface area (Å²) in [4.78, 5) is 0. The third-order valence-corrected chi connectivity index (χ3v) is 0. The first kappa shape index (κ1) is 119. The molecule has 0 aromatic carbocycles. The van der Waals surface area contributed by atoms with Crippen LogP contribution in [-0.2, 0) is 92.8 Å². The summed E-state index contributed by atoms with van der Waals surface area (Å²) in [5.74, 6) is 0. The van der Waals surface area contributed by atoms with Crippen LogP contribution in [0.15, 0.2) is 0 Å². The Morgan fingerprint density at radius 2 is 0.182 bits per heavy atom. The van der Waals surface area contributed by atoms with Gasteiger partial charge in [-0.2, -0.15) is 0 Å². The standard InChI is InChI=1S/6Al.5V. The van der Waals surface area contributed by atoms with Crippen molar-refractivity contribution in [2.75, 3.05) is 0 Å². The molecular weight excluding hydrogens is 417 g/mol. The summed E-state index contributed by atoms with van der Waals surface area (Å²) < 4.78 is 0. The second-order valence-electron chi connectivity index (χ2n) is 0. The van der Waals surface area contributed by atoms with Gasteiger partial charge in [-0.1, -0.05) is 0 Å². The predicted octanol–water partition coefficient (Wildman–Crippen LogP) is -2.30. The molecule has 0 rings (SSSR count). The zero-order valence-electron chi connectivity index (χ0n) is 5.70. The summed E-state index contributed by atoms with van der Waals surface area (Å²) in [6.45, 7) is 0. The van der Waals surface area contributed by atoms with Crippen molar-refractivity contribution in [2.24, 2.45) is 0 Å². The summed E-state index contributed by atoms with van der Waals surface area (Å²) >= 11 is 0. The summed E-state index contributed by atoms with van der Waals surface area (Å²) in [6, 6.07) is 0. The van der Waals surface area contributed by atoms with E-state index in [1.165, 1.54) is 0 Å². The third kappa shape index (κ3) is 85.8. The van der Waals surface area contributed by atoms with Crippen LogP contribution in [-0.4, -0.2) is 104 Å². The van der Waals surface area contributed by atoms with Crippen LogP contribution >= 0.6 is 0 Å². The molecule has 0 unspecified atom stereocenters. The molecule has 0 aliphatic rings. The second-order valence-corrected chi connectivity index (χ2v) is 0. The van der Waals surface area contributed by atoms with Crippen molar-refractivity contribution in [1.82, 2.24) is 0 Å². The van der Waals surface area contributed by atoms with Crippen LogP contribution in [0.3, 0.4) is 0 Å². The van der Waals surface area contributed by atoms with Crippen LogP contribution in [0.25, 0.3) is 0 Å². The SMILES string of the molecule is [Al].[Al].[Al].[Al].[Al].[Al].[V].[V].[V].[V].[V]. The van der Waals surface area contributed by atoms with Gasteiger partial charge < -0.3 is 0 Å². The third-order valence-electron chi connectivity index (χ3n) is 0. The van der Waals surface area contributed by atoms with Gasteiger partial charge in [0.05, 0.1) is 0 Å². The van der Waals surface area contributed by atoms with Crippen LogP contribution in [0, 0.1) is 0 Å². The summed E-state index contributed by atoms with van der Waals surface area (Å²) in [7, 11) is 0. The van der Waals surface area contributed by atoms with E-state index in [1.54, 1.807) is 0 Å². The molecule has 0 amide bonds. The Bertz CT molecular complexity index is 10.9. The molecule has 0 bridgehead atoms.